The van der Waals surface area contributed by atoms with Crippen molar-refractivity contribution in [1.82, 2.24) is 10.3 Å². The molecule has 0 saturated carbocycles. The molecule has 1 amide bonds. The number of rotatable bonds is 5. The predicted octanol–water partition coefficient (Wildman–Crippen LogP) is 5.41. The fourth-order valence-electron chi connectivity index (χ4n) is 3.00. The number of carbonyl (C=O) groups excluding carboxylic acids is 1. The molecular formula is C24H21N3O3S. The third-order valence-electron chi connectivity index (χ3n) is 4.38. The maximum Gasteiger partial charge on any atom is 0.257 e. The number of carbonyl (C=O) groups is 1. The van der Waals surface area contributed by atoms with Gasteiger partial charge >= 0.3 is 0 Å². The van der Waals surface area contributed by atoms with Gasteiger partial charge in [-0.1, -0.05) is 18.2 Å². The second-order valence-electron chi connectivity index (χ2n) is 7.17. The Morgan fingerprint density at radius 3 is 2.48 bits per heavy atom. The number of aromatic nitrogens is 1. The lowest BCUT2D eigenvalue weighted by Crippen LogP contribution is -2.34. The van der Waals surface area contributed by atoms with Gasteiger partial charge in [-0.3, -0.25) is 10.1 Å². The highest BCUT2D eigenvalue weighted by atomic mass is 32.1. The van der Waals surface area contributed by atoms with Gasteiger partial charge in [0.25, 0.3) is 5.91 Å². The summed E-state index contributed by atoms with van der Waals surface area (Å²) in [5, 5.41) is 5.89. The first-order valence-electron chi connectivity index (χ1n) is 9.83. The van der Waals surface area contributed by atoms with Crippen molar-refractivity contribution >= 4 is 40.0 Å². The standard InChI is InChI=1S/C24H21N3O3S/c1-15(2)29-19-11-8-16(9-12-19)22(28)27-24(31)25-18-10-13-21-20(14-18)26-23(30-21)17-6-4-3-5-7-17/h3-15H,1-2H3,(H2,25,27,28,31). The van der Waals surface area contributed by atoms with E-state index in [-0.39, 0.29) is 17.1 Å². The van der Waals surface area contributed by atoms with Gasteiger partial charge in [0.1, 0.15) is 11.3 Å². The van der Waals surface area contributed by atoms with Crippen molar-refractivity contribution in [2.45, 2.75) is 20.0 Å². The summed E-state index contributed by atoms with van der Waals surface area (Å²) in [5.41, 5.74) is 3.45. The van der Waals surface area contributed by atoms with Crippen LogP contribution in [0.3, 0.4) is 0 Å². The van der Waals surface area contributed by atoms with E-state index < -0.39 is 0 Å². The number of oxazole rings is 1. The van der Waals surface area contributed by atoms with Gasteiger partial charge in [0.15, 0.2) is 10.7 Å². The Balaban J connectivity index is 1.41. The van der Waals surface area contributed by atoms with E-state index in [2.05, 4.69) is 15.6 Å². The summed E-state index contributed by atoms with van der Waals surface area (Å²) in [4.78, 5) is 17.0. The first-order valence-corrected chi connectivity index (χ1v) is 10.2. The number of hydrogen-bond acceptors (Lipinski definition) is 5. The van der Waals surface area contributed by atoms with Gasteiger partial charge in [0, 0.05) is 16.8 Å². The Morgan fingerprint density at radius 1 is 1.03 bits per heavy atom. The lowest BCUT2D eigenvalue weighted by molar-refractivity contribution is 0.0977. The fourth-order valence-corrected chi connectivity index (χ4v) is 3.21. The summed E-state index contributed by atoms with van der Waals surface area (Å²) < 4.78 is 11.4. The molecule has 0 fully saturated rings. The molecule has 0 aliphatic heterocycles. The number of amides is 1. The average Bonchev–Trinajstić information content (AvgIpc) is 3.18. The summed E-state index contributed by atoms with van der Waals surface area (Å²) in [6.45, 7) is 3.90. The molecule has 4 rings (SSSR count). The van der Waals surface area contributed by atoms with Crippen molar-refractivity contribution < 1.29 is 13.9 Å². The molecule has 7 heteroatoms. The van der Waals surface area contributed by atoms with E-state index in [4.69, 9.17) is 21.4 Å². The van der Waals surface area contributed by atoms with Crippen LogP contribution in [0.1, 0.15) is 24.2 Å². The zero-order valence-corrected chi connectivity index (χ0v) is 17.9. The molecule has 1 heterocycles. The van der Waals surface area contributed by atoms with Crippen LogP contribution in [0.15, 0.2) is 77.2 Å². The molecule has 1 aromatic heterocycles. The molecule has 0 atom stereocenters. The lowest BCUT2D eigenvalue weighted by atomic mass is 10.2. The summed E-state index contributed by atoms with van der Waals surface area (Å²) in [6, 6.07) is 22.1. The van der Waals surface area contributed by atoms with E-state index >= 15 is 0 Å². The van der Waals surface area contributed by atoms with Gasteiger partial charge in [-0.2, -0.15) is 0 Å². The van der Waals surface area contributed by atoms with Gasteiger partial charge in [-0.05, 0) is 80.7 Å². The van der Waals surface area contributed by atoms with Crippen molar-refractivity contribution in [2.24, 2.45) is 0 Å². The highest BCUT2D eigenvalue weighted by Gasteiger charge is 2.11. The van der Waals surface area contributed by atoms with Crippen molar-refractivity contribution in [3.63, 3.8) is 0 Å². The van der Waals surface area contributed by atoms with E-state index in [1.54, 1.807) is 24.3 Å². The molecule has 0 saturated heterocycles. The molecule has 156 valence electrons. The number of ether oxygens (including phenoxy) is 1. The van der Waals surface area contributed by atoms with Crippen molar-refractivity contribution in [2.75, 3.05) is 5.32 Å². The number of hydrogen-bond donors (Lipinski definition) is 2. The molecule has 0 bridgehead atoms. The van der Waals surface area contributed by atoms with E-state index in [0.29, 0.717) is 34.0 Å². The first-order chi connectivity index (χ1) is 15.0. The third-order valence-corrected chi connectivity index (χ3v) is 4.59. The molecule has 3 aromatic carbocycles. The van der Waals surface area contributed by atoms with Gasteiger partial charge in [0.05, 0.1) is 6.10 Å². The Labute approximate surface area is 185 Å². The van der Waals surface area contributed by atoms with Crippen LogP contribution < -0.4 is 15.4 Å². The number of thiocarbonyl (C=S) groups is 1. The minimum atomic E-state index is -0.303. The number of nitrogens with zero attached hydrogens (tertiary/aromatic N) is 1. The Hall–Kier alpha value is -3.71. The van der Waals surface area contributed by atoms with E-state index in [1.807, 2.05) is 62.4 Å². The van der Waals surface area contributed by atoms with E-state index in [9.17, 15) is 4.79 Å². The van der Waals surface area contributed by atoms with Crippen LogP contribution in [-0.2, 0) is 0 Å². The van der Waals surface area contributed by atoms with E-state index in [0.717, 1.165) is 5.56 Å². The number of nitrogens with one attached hydrogen (secondary N) is 2. The van der Waals surface area contributed by atoms with Crippen LogP contribution in [0.2, 0.25) is 0 Å². The third kappa shape index (κ3) is 5.07. The molecule has 0 unspecified atom stereocenters. The van der Waals surface area contributed by atoms with Gasteiger partial charge in [-0.25, -0.2) is 4.98 Å². The summed E-state index contributed by atoms with van der Waals surface area (Å²) >= 11 is 5.29. The Kier molecular flexibility index (Phi) is 5.95. The molecule has 0 aliphatic carbocycles. The molecule has 4 aromatic rings. The van der Waals surface area contributed by atoms with Crippen LogP contribution in [0.25, 0.3) is 22.6 Å². The molecule has 2 N–H and O–H groups in total. The van der Waals surface area contributed by atoms with Crippen LogP contribution in [0, 0.1) is 0 Å². The molecular weight excluding hydrogens is 410 g/mol. The van der Waals surface area contributed by atoms with Gasteiger partial charge in [0.2, 0.25) is 5.89 Å². The minimum absolute atomic E-state index is 0.0716. The van der Waals surface area contributed by atoms with Crippen LogP contribution in [0.5, 0.6) is 5.75 Å². The Morgan fingerprint density at radius 2 is 1.77 bits per heavy atom. The summed E-state index contributed by atoms with van der Waals surface area (Å²) in [7, 11) is 0. The summed E-state index contributed by atoms with van der Waals surface area (Å²) in [6.07, 6.45) is 0.0716. The van der Waals surface area contributed by atoms with Crippen LogP contribution >= 0.6 is 12.2 Å². The van der Waals surface area contributed by atoms with Crippen molar-refractivity contribution in [3.05, 3.63) is 78.4 Å². The number of fused-ring (bicyclic) bond motifs is 1. The number of benzene rings is 3. The second kappa shape index (κ2) is 8.97. The number of anilines is 1. The smallest absolute Gasteiger partial charge is 0.257 e. The van der Waals surface area contributed by atoms with Crippen LogP contribution in [0.4, 0.5) is 5.69 Å². The predicted molar refractivity (Wildman–Crippen MR) is 125 cm³/mol. The SMILES string of the molecule is CC(C)Oc1ccc(C(=O)NC(=S)Nc2ccc3oc(-c4ccccc4)nc3c2)cc1. The first kappa shape index (κ1) is 20.6. The highest BCUT2D eigenvalue weighted by molar-refractivity contribution is 7.80. The zero-order chi connectivity index (χ0) is 21.8. The van der Waals surface area contributed by atoms with Crippen molar-refractivity contribution in [1.29, 1.82) is 0 Å². The van der Waals surface area contributed by atoms with Gasteiger partial charge < -0.3 is 14.5 Å². The molecule has 0 radical (unpaired) electrons. The average molecular weight is 432 g/mol. The van der Waals surface area contributed by atoms with Crippen molar-refractivity contribution in [3.8, 4) is 17.2 Å². The van der Waals surface area contributed by atoms with Crippen LogP contribution in [-0.4, -0.2) is 22.1 Å². The lowest BCUT2D eigenvalue weighted by Gasteiger charge is -2.11. The largest absolute Gasteiger partial charge is 0.491 e. The fraction of sp³-hybridized carbons (Fsp3) is 0.125. The minimum Gasteiger partial charge on any atom is -0.491 e. The highest BCUT2D eigenvalue weighted by Crippen LogP contribution is 2.26. The van der Waals surface area contributed by atoms with Gasteiger partial charge in [-0.15, -0.1) is 0 Å². The molecule has 0 aliphatic rings. The molecule has 31 heavy (non-hydrogen) atoms. The van der Waals surface area contributed by atoms with E-state index in [1.165, 1.54) is 0 Å². The second-order valence-corrected chi connectivity index (χ2v) is 7.58. The topological polar surface area (TPSA) is 76.4 Å². The maximum atomic E-state index is 12.4. The zero-order valence-electron chi connectivity index (χ0n) is 17.1. The monoisotopic (exact) mass is 431 g/mol. The Bertz CT molecular complexity index is 1220. The maximum absolute atomic E-state index is 12.4. The molecule has 0 spiro atoms. The normalized spacial score (nSPS) is 10.8. The summed E-state index contributed by atoms with van der Waals surface area (Å²) in [5.74, 6) is 0.957. The molecule has 6 nitrogen and oxygen atoms in total. The quantitative estimate of drug-likeness (QED) is 0.412.